The van der Waals surface area contributed by atoms with Gasteiger partial charge in [-0.15, -0.1) is 0 Å². The predicted octanol–water partition coefficient (Wildman–Crippen LogP) is 2.26. The number of morpholine rings is 1. The normalized spacial score (nSPS) is 23.2. The molecule has 2 fully saturated rings. The smallest absolute Gasteiger partial charge is 0.240 e. The Morgan fingerprint density at radius 1 is 1.10 bits per heavy atom. The Morgan fingerprint density at radius 2 is 1.77 bits per heavy atom. The fourth-order valence-corrected chi connectivity index (χ4v) is 5.28. The van der Waals surface area contributed by atoms with Gasteiger partial charge in [0, 0.05) is 37.1 Å². The summed E-state index contributed by atoms with van der Waals surface area (Å²) in [6.07, 6.45) is 4.28. The first-order valence-corrected chi connectivity index (χ1v) is 12.6. The molecular weight excluding hydrogens is 426 g/mol. The summed E-state index contributed by atoms with van der Waals surface area (Å²) < 4.78 is 32.8. The Morgan fingerprint density at radius 3 is 2.43 bits per heavy atom. The summed E-state index contributed by atoms with van der Waals surface area (Å²) in [5.41, 5.74) is 0. The largest absolute Gasteiger partial charge is 0.379 e. The lowest BCUT2D eigenvalue weighted by Crippen LogP contribution is -2.39. The summed E-state index contributed by atoms with van der Waals surface area (Å²) >= 11 is 5.82. The quantitative estimate of drug-likeness (QED) is 0.555. The predicted molar refractivity (Wildman–Crippen MR) is 117 cm³/mol. The van der Waals surface area contributed by atoms with Gasteiger partial charge in [0.25, 0.3) is 0 Å². The van der Waals surface area contributed by atoms with Gasteiger partial charge in [-0.3, -0.25) is 9.69 Å². The van der Waals surface area contributed by atoms with Crippen LogP contribution in [0, 0.1) is 11.8 Å². The van der Waals surface area contributed by atoms with Crippen LogP contribution in [0.1, 0.15) is 32.1 Å². The van der Waals surface area contributed by atoms with Crippen molar-refractivity contribution in [1.82, 2.24) is 14.9 Å². The van der Waals surface area contributed by atoms with E-state index < -0.39 is 10.0 Å². The molecule has 0 unspecified atom stereocenters. The molecular formula is C21H32ClN3O4S. The first kappa shape index (κ1) is 23.5. The van der Waals surface area contributed by atoms with Crippen LogP contribution in [0.5, 0.6) is 0 Å². The van der Waals surface area contributed by atoms with Crippen LogP contribution >= 0.6 is 11.6 Å². The lowest BCUT2D eigenvalue weighted by atomic mass is 9.81. The van der Waals surface area contributed by atoms with E-state index >= 15 is 0 Å². The number of hydrogen-bond donors (Lipinski definition) is 2. The molecule has 1 aromatic rings. The molecule has 3 rings (SSSR count). The molecule has 1 aromatic carbocycles. The molecule has 7 nitrogen and oxygen atoms in total. The van der Waals surface area contributed by atoms with Gasteiger partial charge in [-0.25, -0.2) is 13.1 Å². The molecule has 0 atom stereocenters. The lowest BCUT2D eigenvalue weighted by Gasteiger charge is -2.28. The number of carbonyl (C=O) groups is 1. The highest BCUT2D eigenvalue weighted by Gasteiger charge is 2.27. The highest BCUT2D eigenvalue weighted by Crippen LogP contribution is 2.29. The molecule has 1 heterocycles. The maximum atomic E-state index is 12.4. The fraction of sp³-hybridized carbons (Fsp3) is 0.667. The molecule has 0 radical (unpaired) electrons. The molecule has 168 valence electrons. The van der Waals surface area contributed by atoms with E-state index in [2.05, 4.69) is 14.9 Å². The second-order valence-corrected chi connectivity index (χ2v) is 10.3. The third-order valence-electron chi connectivity index (χ3n) is 5.96. The average molecular weight is 458 g/mol. The number of rotatable bonds is 9. The van der Waals surface area contributed by atoms with Gasteiger partial charge in [0.15, 0.2) is 0 Å². The Labute approximate surface area is 184 Å². The number of carbonyl (C=O) groups excluding carboxylic acids is 1. The SMILES string of the molecule is O=C(NCCCN1CCOCC1)C1CCC(CNS(=O)(=O)c2ccc(Cl)cc2)CC1. The van der Waals surface area contributed by atoms with Crippen LogP contribution in [0.2, 0.25) is 5.02 Å². The Bertz CT molecular complexity index is 774. The van der Waals surface area contributed by atoms with Crippen molar-refractivity contribution in [3.8, 4) is 0 Å². The topological polar surface area (TPSA) is 87.7 Å². The second kappa shape index (κ2) is 11.4. The van der Waals surface area contributed by atoms with E-state index in [-0.39, 0.29) is 22.6 Å². The first-order chi connectivity index (χ1) is 14.4. The molecule has 1 aliphatic carbocycles. The Balaban J connectivity index is 1.32. The van der Waals surface area contributed by atoms with Crippen molar-refractivity contribution in [3.63, 3.8) is 0 Å². The number of sulfonamides is 1. The minimum atomic E-state index is -3.53. The van der Waals surface area contributed by atoms with E-state index in [1.807, 2.05) is 0 Å². The number of nitrogens with one attached hydrogen (secondary N) is 2. The van der Waals surface area contributed by atoms with Gasteiger partial charge >= 0.3 is 0 Å². The van der Waals surface area contributed by atoms with Crippen molar-refractivity contribution in [2.45, 2.75) is 37.0 Å². The molecule has 1 aliphatic heterocycles. The van der Waals surface area contributed by atoms with E-state index in [1.54, 1.807) is 12.1 Å². The van der Waals surface area contributed by atoms with Gasteiger partial charge in [0.1, 0.15) is 0 Å². The van der Waals surface area contributed by atoms with Crippen molar-refractivity contribution in [2.24, 2.45) is 11.8 Å². The molecule has 0 aromatic heterocycles. The zero-order chi connectivity index (χ0) is 21.4. The zero-order valence-electron chi connectivity index (χ0n) is 17.3. The van der Waals surface area contributed by atoms with Crippen molar-refractivity contribution >= 4 is 27.5 Å². The molecule has 1 saturated heterocycles. The summed E-state index contributed by atoms with van der Waals surface area (Å²) in [6.45, 7) is 5.64. The summed E-state index contributed by atoms with van der Waals surface area (Å²) in [6, 6.07) is 6.15. The van der Waals surface area contributed by atoms with Gasteiger partial charge in [-0.05, 0) is 68.8 Å². The van der Waals surface area contributed by atoms with E-state index in [4.69, 9.17) is 16.3 Å². The molecule has 1 saturated carbocycles. The molecule has 2 aliphatic rings. The number of halogens is 1. The van der Waals surface area contributed by atoms with Gasteiger partial charge in [0.2, 0.25) is 15.9 Å². The zero-order valence-corrected chi connectivity index (χ0v) is 18.9. The summed E-state index contributed by atoms with van der Waals surface area (Å²) in [5, 5.41) is 3.58. The number of ether oxygens (including phenoxy) is 1. The third-order valence-corrected chi connectivity index (χ3v) is 7.65. The standard InChI is InChI=1S/C21H32ClN3O4S/c22-19-6-8-20(9-7-19)30(27,28)24-16-17-2-4-18(5-3-17)21(26)23-10-1-11-25-12-14-29-15-13-25/h6-9,17-18,24H,1-5,10-16H2,(H,23,26). The highest BCUT2D eigenvalue weighted by molar-refractivity contribution is 7.89. The van der Waals surface area contributed by atoms with Crippen LogP contribution in [0.4, 0.5) is 0 Å². The number of hydrogen-bond acceptors (Lipinski definition) is 5. The molecule has 1 amide bonds. The Hall–Kier alpha value is -1.19. The van der Waals surface area contributed by atoms with Crippen molar-refractivity contribution in [3.05, 3.63) is 29.3 Å². The van der Waals surface area contributed by atoms with E-state index in [0.717, 1.165) is 65.0 Å². The van der Waals surface area contributed by atoms with Crippen LogP contribution in [-0.4, -0.2) is 65.2 Å². The number of benzene rings is 1. The Kier molecular flexibility index (Phi) is 8.95. The summed E-state index contributed by atoms with van der Waals surface area (Å²) in [4.78, 5) is 15.0. The maximum absolute atomic E-state index is 12.4. The minimum Gasteiger partial charge on any atom is -0.379 e. The molecule has 0 bridgehead atoms. The second-order valence-electron chi connectivity index (χ2n) is 8.12. The van der Waals surface area contributed by atoms with Crippen LogP contribution < -0.4 is 10.0 Å². The third kappa shape index (κ3) is 7.20. The first-order valence-electron chi connectivity index (χ1n) is 10.8. The van der Waals surface area contributed by atoms with Crippen LogP contribution in [0.3, 0.4) is 0 Å². The number of amides is 1. The summed E-state index contributed by atoms with van der Waals surface area (Å²) in [7, 11) is -3.53. The highest BCUT2D eigenvalue weighted by atomic mass is 35.5. The number of nitrogens with zero attached hydrogens (tertiary/aromatic N) is 1. The van der Waals surface area contributed by atoms with Gasteiger partial charge < -0.3 is 10.1 Å². The molecule has 0 spiro atoms. The molecule has 30 heavy (non-hydrogen) atoms. The molecule has 9 heteroatoms. The van der Waals surface area contributed by atoms with Crippen molar-refractivity contribution in [2.75, 3.05) is 45.9 Å². The van der Waals surface area contributed by atoms with Crippen LogP contribution in [0.15, 0.2) is 29.2 Å². The van der Waals surface area contributed by atoms with Gasteiger partial charge in [-0.2, -0.15) is 0 Å². The fourth-order valence-electron chi connectivity index (χ4n) is 4.04. The van der Waals surface area contributed by atoms with Crippen molar-refractivity contribution in [1.29, 1.82) is 0 Å². The van der Waals surface area contributed by atoms with Crippen molar-refractivity contribution < 1.29 is 17.9 Å². The van der Waals surface area contributed by atoms with E-state index in [1.165, 1.54) is 12.1 Å². The van der Waals surface area contributed by atoms with E-state index in [0.29, 0.717) is 18.1 Å². The summed E-state index contributed by atoms with van der Waals surface area (Å²) in [5.74, 6) is 0.437. The van der Waals surface area contributed by atoms with Gasteiger partial charge in [-0.1, -0.05) is 11.6 Å². The monoisotopic (exact) mass is 457 g/mol. The molecule has 2 N–H and O–H groups in total. The van der Waals surface area contributed by atoms with Gasteiger partial charge in [0.05, 0.1) is 18.1 Å². The van der Waals surface area contributed by atoms with Crippen LogP contribution in [-0.2, 0) is 19.6 Å². The minimum absolute atomic E-state index is 0.0394. The van der Waals surface area contributed by atoms with Crippen LogP contribution in [0.25, 0.3) is 0 Å². The lowest BCUT2D eigenvalue weighted by molar-refractivity contribution is -0.126. The van der Waals surface area contributed by atoms with E-state index in [9.17, 15) is 13.2 Å². The maximum Gasteiger partial charge on any atom is 0.240 e. The average Bonchev–Trinajstić information content (AvgIpc) is 2.76.